The summed E-state index contributed by atoms with van der Waals surface area (Å²) in [7, 11) is -4.71. The number of unbranched alkanes of at least 4 members (excludes halogenated alkanes) is 23. The van der Waals surface area contributed by atoms with Crippen molar-refractivity contribution < 1.29 is 47.5 Å². The lowest BCUT2D eigenvalue weighted by Gasteiger charge is -2.20. The normalized spacial score (nSPS) is 13.9. The zero-order chi connectivity index (χ0) is 38.5. The highest BCUT2D eigenvalue weighted by Gasteiger charge is 2.28. The summed E-state index contributed by atoms with van der Waals surface area (Å²) in [5.74, 6) is -2.38. The molecule has 1 unspecified atom stereocenters. The second kappa shape index (κ2) is 36.2. The van der Waals surface area contributed by atoms with Crippen LogP contribution in [0.15, 0.2) is 12.2 Å². The Labute approximate surface area is 316 Å². The third kappa shape index (κ3) is 35.3. The van der Waals surface area contributed by atoms with Crippen molar-refractivity contribution in [1.29, 1.82) is 0 Å². The van der Waals surface area contributed by atoms with Gasteiger partial charge in [-0.05, 0) is 38.5 Å². The Balaban J connectivity index is 4.37. The maximum Gasteiger partial charge on any atom is 0.472 e. The molecule has 0 aliphatic carbocycles. The molecule has 0 aromatic heterocycles. The Hall–Kier alpha value is -1.78. The average Bonchev–Trinajstić information content (AvgIpc) is 3.12. The number of carboxylic acids is 1. The molecular formula is C40H76NO10P. The fourth-order valence-corrected chi connectivity index (χ4v) is 6.48. The number of phosphoric acid groups is 1. The van der Waals surface area contributed by atoms with Crippen molar-refractivity contribution in [1.82, 2.24) is 0 Å². The highest BCUT2D eigenvalue weighted by Crippen LogP contribution is 2.43. The van der Waals surface area contributed by atoms with Crippen molar-refractivity contribution in [2.24, 2.45) is 5.73 Å². The number of rotatable bonds is 39. The van der Waals surface area contributed by atoms with Crippen molar-refractivity contribution >= 4 is 25.7 Å². The zero-order valence-corrected chi connectivity index (χ0v) is 33.8. The molecule has 0 heterocycles. The first-order valence-corrected chi connectivity index (χ1v) is 22.2. The number of hydrogen-bond acceptors (Lipinski definition) is 9. The van der Waals surface area contributed by atoms with Crippen molar-refractivity contribution in [3.8, 4) is 0 Å². The molecule has 306 valence electrons. The van der Waals surface area contributed by atoms with E-state index in [1.807, 2.05) is 0 Å². The van der Waals surface area contributed by atoms with Gasteiger partial charge in [-0.15, -0.1) is 0 Å². The predicted octanol–water partition coefficient (Wildman–Crippen LogP) is 10.5. The summed E-state index contributed by atoms with van der Waals surface area (Å²) in [5.41, 5.74) is 5.32. The standard InChI is InChI=1S/C40H76NO10P/c1-3-5-7-9-11-13-15-17-18-19-20-22-23-25-27-29-31-38(42)48-33-36(34-49-52(46,47)50-35-37(41)40(44)45)51-39(43)32-30-28-26-24-21-16-14-12-10-8-6-4-2/h18-19,36-37H,3-17,20-35,41H2,1-2H3,(H,44,45)(H,46,47)/b19-18-/t36-,37+/m1/s1. The van der Waals surface area contributed by atoms with Crippen LogP contribution in [-0.4, -0.2) is 59.9 Å². The molecule has 0 radical (unpaired) electrons. The van der Waals surface area contributed by atoms with Crippen LogP contribution >= 0.6 is 7.82 Å². The van der Waals surface area contributed by atoms with Crippen molar-refractivity contribution in [2.45, 2.75) is 206 Å². The van der Waals surface area contributed by atoms with Crippen LogP contribution in [0.25, 0.3) is 0 Å². The van der Waals surface area contributed by atoms with Crippen LogP contribution < -0.4 is 5.73 Å². The average molecular weight is 762 g/mol. The molecule has 0 aromatic carbocycles. The highest BCUT2D eigenvalue weighted by atomic mass is 31.2. The first-order valence-electron chi connectivity index (χ1n) is 20.7. The summed E-state index contributed by atoms with van der Waals surface area (Å²) in [6, 6.07) is -1.52. The molecule has 0 rings (SSSR count). The summed E-state index contributed by atoms with van der Waals surface area (Å²) in [6.45, 7) is 2.79. The van der Waals surface area contributed by atoms with E-state index in [2.05, 4.69) is 30.5 Å². The van der Waals surface area contributed by atoms with Crippen molar-refractivity contribution in [3.63, 3.8) is 0 Å². The lowest BCUT2D eigenvalue weighted by atomic mass is 10.0. The van der Waals surface area contributed by atoms with Gasteiger partial charge in [0.05, 0.1) is 13.2 Å². The molecule has 0 aromatic rings. The summed E-state index contributed by atoms with van der Waals surface area (Å²) >= 11 is 0. The number of phosphoric ester groups is 1. The number of carboxylic acid groups (broad SMARTS) is 1. The topological polar surface area (TPSA) is 172 Å². The second-order valence-corrected chi connectivity index (χ2v) is 15.6. The van der Waals surface area contributed by atoms with Crippen LogP contribution in [-0.2, 0) is 37.5 Å². The molecule has 0 bridgehead atoms. The largest absolute Gasteiger partial charge is 0.480 e. The molecule has 3 atom stereocenters. The van der Waals surface area contributed by atoms with E-state index in [0.29, 0.717) is 12.8 Å². The third-order valence-electron chi connectivity index (χ3n) is 9.01. The van der Waals surface area contributed by atoms with E-state index in [1.165, 1.54) is 96.3 Å². The fourth-order valence-electron chi connectivity index (χ4n) is 5.71. The minimum atomic E-state index is -4.71. The Morgan fingerprint density at radius 2 is 0.962 bits per heavy atom. The lowest BCUT2D eigenvalue weighted by molar-refractivity contribution is -0.161. The summed E-state index contributed by atoms with van der Waals surface area (Å²) < 4.78 is 32.6. The molecule has 52 heavy (non-hydrogen) atoms. The molecule has 0 saturated carbocycles. The van der Waals surface area contributed by atoms with Gasteiger partial charge in [-0.2, -0.15) is 0 Å². The number of aliphatic carboxylic acids is 1. The molecule has 0 fully saturated rings. The van der Waals surface area contributed by atoms with Gasteiger partial charge in [-0.25, -0.2) is 4.57 Å². The molecule has 0 saturated heterocycles. The molecule has 4 N–H and O–H groups in total. The van der Waals surface area contributed by atoms with Gasteiger partial charge in [-0.3, -0.25) is 23.4 Å². The number of ether oxygens (including phenoxy) is 2. The Morgan fingerprint density at radius 3 is 1.40 bits per heavy atom. The maximum absolute atomic E-state index is 12.6. The smallest absolute Gasteiger partial charge is 0.472 e. The minimum absolute atomic E-state index is 0.164. The van der Waals surface area contributed by atoms with Gasteiger partial charge in [0.15, 0.2) is 6.10 Å². The van der Waals surface area contributed by atoms with E-state index in [1.54, 1.807) is 0 Å². The molecular weight excluding hydrogens is 685 g/mol. The van der Waals surface area contributed by atoms with Crippen LogP contribution in [0.1, 0.15) is 194 Å². The maximum atomic E-state index is 12.6. The van der Waals surface area contributed by atoms with Crippen LogP contribution in [0, 0.1) is 0 Å². The zero-order valence-electron chi connectivity index (χ0n) is 32.9. The van der Waals surface area contributed by atoms with Gasteiger partial charge in [0.2, 0.25) is 0 Å². The number of nitrogens with two attached hydrogens (primary N) is 1. The number of allylic oxidation sites excluding steroid dienone is 2. The number of carbonyl (C=O) groups is 3. The summed E-state index contributed by atoms with van der Waals surface area (Å²) in [6.07, 6.45) is 34.2. The van der Waals surface area contributed by atoms with Gasteiger partial charge in [-0.1, -0.05) is 154 Å². The first kappa shape index (κ1) is 50.2. The van der Waals surface area contributed by atoms with E-state index in [-0.39, 0.29) is 19.4 Å². The SMILES string of the molecule is CCCCCCCCC/C=C\CCCCCCCC(=O)OC[C@H](COP(=O)(O)OC[C@H](N)C(=O)O)OC(=O)CCCCCCCCCCCCCC. The minimum Gasteiger partial charge on any atom is -0.480 e. The predicted molar refractivity (Wildman–Crippen MR) is 208 cm³/mol. The van der Waals surface area contributed by atoms with Gasteiger partial charge in [0.1, 0.15) is 12.6 Å². The van der Waals surface area contributed by atoms with Gasteiger partial charge >= 0.3 is 25.7 Å². The number of hydrogen-bond donors (Lipinski definition) is 3. The molecule has 0 aliphatic rings. The summed E-state index contributed by atoms with van der Waals surface area (Å²) in [5, 5.41) is 8.87. The van der Waals surface area contributed by atoms with Crippen LogP contribution in [0.4, 0.5) is 0 Å². The Morgan fingerprint density at radius 1 is 0.577 bits per heavy atom. The molecule has 11 nitrogen and oxygen atoms in total. The van der Waals surface area contributed by atoms with E-state index in [9.17, 15) is 23.8 Å². The van der Waals surface area contributed by atoms with Gasteiger partial charge in [0, 0.05) is 12.8 Å². The summed E-state index contributed by atoms with van der Waals surface area (Å²) in [4.78, 5) is 45.8. The van der Waals surface area contributed by atoms with Gasteiger partial charge < -0.3 is 25.2 Å². The van der Waals surface area contributed by atoms with Crippen LogP contribution in [0.3, 0.4) is 0 Å². The second-order valence-electron chi connectivity index (χ2n) is 14.1. The number of esters is 2. The quantitative estimate of drug-likeness (QED) is 0.0235. The van der Waals surface area contributed by atoms with E-state index in [4.69, 9.17) is 24.8 Å². The van der Waals surface area contributed by atoms with Crippen LogP contribution in [0.2, 0.25) is 0 Å². The molecule has 0 spiro atoms. The van der Waals surface area contributed by atoms with Crippen LogP contribution in [0.5, 0.6) is 0 Å². The highest BCUT2D eigenvalue weighted by molar-refractivity contribution is 7.47. The first-order chi connectivity index (χ1) is 25.1. The lowest BCUT2D eigenvalue weighted by Crippen LogP contribution is -2.34. The van der Waals surface area contributed by atoms with E-state index >= 15 is 0 Å². The van der Waals surface area contributed by atoms with Gasteiger partial charge in [0.25, 0.3) is 0 Å². The van der Waals surface area contributed by atoms with Crippen molar-refractivity contribution in [2.75, 3.05) is 19.8 Å². The molecule has 0 aliphatic heterocycles. The Bertz CT molecular complexity index is 947. The van der Waals surface area contributed by atoms with E-state index < -0.39 is 51.1 Å². The monoisotopic (exact) mass is 762 g/mol. The van der Waals surface area contributed by atoms with E-state index in [0.717, 1.165) is 57.8 Å². The Kier molecular flexibility index (Phi) is 35.0. The number of carbonyl (C=O) groups excluding carboxylic acids is 2. The fraction of sp³-hybridized carbons (Fsp3) is 0.875. The van der Waals surface area contributed by atoms with Crippen molar-refractivity contribution in [3.05, 3.63) is 12.2 Å². The molecule has 0 amide bonds. The third-order valence-corrected chi connectivity index (χ3v) is 9.96. The molecule has 12 heteroatoms.